The molecule has 138 valence electrons. The number of hydroxylamine groups is 2. The van der Waals surface area contributed by atoms with Gasteiger partial charge in [0.1, 0.15) is 18.7 Å². The molecule has 1 aromatic carbocycles. The van der Waals surface area contributed by atoms with E-state index in [2.05, 4.69) is 5.32 Å². The lowest BCUT2D eigenvalue weighted by Crippen LogP contribution is -2.57. The van der Waals surface area contributed by atoms with E-state index in [4.69, 9.17) is 15.3 Å². The van der Waals surface area contributed by atoms with Gasteiger partial charge in [-0.05, 0) is 5.56 Å². The first kappa shape index (κ1) is 17.8. The number of carboxylic acid groups (broad SMARTS) is 1. The smallest absolute Gasteiger partial charge is 0.372 e. The monoisotopic (exact) mass is 363 g/mol. The van der Waals surface area contributed by atoms with Crippen molar-refractivity contribution in [1.82, 2.24) is 10.4 Å². The summed E-state index contributed by atoms with van der Waals surface area (Å²) in [5.41, 5.74) is 4.21. The Labute approximate surface area is 147 Å². The summed E-state index contributed by atoms with van der Waals surface area (Å²) in [7, 11) is 0. The van der Waals surface area contributed by atoms with Crippen molar-refractivity contribution in [2.24, 2.45) is 5.73 Å². The maximum atomic E-state index is 12.5. The number of benzene rings is 1. The fourth-order valence-electron chi connectivity index (χ4n) is 2.83. The number of rotatable bonds is 5. The topological polar surface area (TPSA) is 148 Å². The molecule has 1 aromatic rings. The molecule has 2 saturated heterocycles. The highest BCUT2D eigenvalue weighted by Gasteiger charge is 2.59. The first-order valence-corrected chi connectivity index (χ1v) is 7.88. The standard InChI is InChI=1S/C16H17N3O7/c17-12(9-4-2-1-3-5-9)13(21)18-10-8-25-19(14(10)22)16(15(23)24)7-6-11(20)26-16/h1-5,10,12H,6-8,17H2,(H,18,21)(H,23,24)/t10-,12-,16?/m0/s1. The zero-order valence-electron chi connectivity index (χ0n) is 13.6. The lowest BCUT2D eigenvalue weighted by Gasteiger charge is -2.30. The Morgan fingerprint density at radius 2 is 2.00 bits per heavy atom. The quantitative estimate of drug-likeness (QED) is 0.568. The third kappa shape index (κ3) is 3.00. The minimum atomic E-state index is -2.21. The minimum Gasteiger partial charge on any atom is -0.477 e. The van der Waals surface area contributed by atoms with Gasteiger partial charge >= 0.3 is 17.7 Å². The van der Waals surface area contributed by atoms with Gasteiger partial charge < -0.3 is 20.9 Å². The van der Waals surface area contributed by atoms with Gasteiger partial charge in [0.25, 0.3) is 5.91 Å². The van der Waals surface area contributed by atoms with Crippen LogP contribution in [0.2, 0.25) is 0 Å². The van der Waals surface area contributed by atoms with E-state index >= 15 is 0 Å². The maximum Gasteiger partial charge on any atom is 0.372 e. The Morgan fingerprint density at radius 3 is 2.58 bits per heavy atom. The summed E-state index contributed by atoms with van der Waals surface area (Å²) in [6.07, 6.45) is -0.396. The summed E-state index contributed by atoms with van der Waals surface area (Å²) in [4.78, 5) is 52.8. The largest absolute Gasteiger partial charge is 0.477 e. The first-order valence-electron chi connectivity index (χ1n) is 7.88. The van der Waals surface area contributed by atoms with Crippen LogP contribution in [0.1, 0.15) is 24.4 Å². The van der Waals surface area contributed by atoms with E-state index in [0.717, 1.165) is 0 Å². The van der Waals surface area contributed by atoms with Crippen LogP contribution < -0.4 is 11.1 Å². The van der Waals surface area contributed by atoms with Gasteiger partial charge in [0.2, 0.25) is 5.91 Å². The summed E-state index contributed by atoms with van der Waals surface area (Å²) < 4.78 is 4.84. The zero-order valence-corrected chi connectivity index (χ0v) is 13.6. The highest BCUT2D eigenvalue weighted by atomic mass is 16.7. The second-order valence-electron chi connectivity index (χ2n) is 5.94. The van der Waals surface area contributed by atoms with Gasteiger partial charge in [-0.3, -0.25) is 19.2 Å². The Bertz CT molecular complexity index is 753. The number of hydrogen-bond donors (Lipinski definition) is 3. The molecule has 0 aromatic heterocycles. The van der Waals surface area contributed by atoms with Crippen molar-refractivity contribution in [3.05, 3.63) is 35.9 Å². The molecule has 2 heterocycles. The van der Waals surface area contributed by atoms with Crippen molar-refractivity contribution >= 4 is 23.8 Å². The number of nitrogens with one attached hydrogen (secondary N) is 1. The second-order valence-corrected chi connectivity index (χ2v) is 5.94. The number of carboxylic acids is 1. The predicted molar refractivity (Wildman–Crippen MR) is 83.8 cm³/mol. The highest BCUT2D eigenvalue weighted by Crippen LogP contribution is 2.34. The van der Waals surface area contributed by atoms with E-state index in [1.54, 1.807) is 30.3 Å². The Morgan fingerprint density at radius 1 is 1.31 bits per heavy atom. The summed E-state index contributed by atoms with van der Waals surface area (Å²) in [6.45, 7) is -0.293. The van der Waals surface area contributed by atoms with E-state index in [0.29, 0.717) is 10.6 Å². The Hall–Kier alpha value is -2.98. The van der Waals surface area contributed by atoms with Crippen LogP contribution in [0.3, 0.4) is 0 Å². The van der Waals surface area contributed by atoms with Crippen LogP contribution in [0.5, 0.6) is 0 Å². The van der Waals surface area contributed by atoms with Gasteiger partial charge in [-0.25, -0.2) is 4.79 Å². The average Bonchev–Trinajstić information content (AvgIpc) is 3.19. The van der Waals surface area contributed by atoms with Crippen LogP contribution in [0.4, 0.5) is 0 Å². The molecule has 2 aliphatic rings. The summed E-state index contributed by atoms with van der Waals surface area (Å²) in [5, 5.41) is 12.4. The number of esters is 1. The fraction of sp³-hybridized carbons (Fsp3) is 0.375. The van der Waals surface area contributed by atoms with Gasteiger partial charge in [0.15, 0.2) is 0 Å². The molecule has 26 heavy (non-hydrogen) atoms. The molecule has 2 fully saturated rings. The van der Waals surface area contributed by atoms with E-state index in [-0.39, 0.29) is 19.4 Å². The maximum absolute atomic E-state index is 12.5. The van der Waals surface area contributed by atoms with Gasteiger partial charge in [-0.1, -0.05) is 30.3 Å². The van der Waals surface area contributed by atoms with Crippen LogP contribution in [0, 0.1) is 0 Å². The molecule has 0 radical (unpaired) electrons. The summed E-state index contributed by atoms with van der Waals surface area (Å²) in [5.74, 6) is -3.71. The van der Waals surface area contributed by atoms with Crippen LogP contribution in [-0.2, 0) is 28.8 Å². The molecule has 0 aliphatic carbocycles. The zero-order chi connectivity index (χ0) is 18.9. The van der Waals surface area contributed by atoms with Crippen molar-refractivity contribution in [2.45, 2.75) is 30.7 Å². The minimum absolute atomic E-state index is 0.157. The third-order valence-electron chi connectivity index (χ3n) is 4.24. The summed E-state index contributed by atoms with van der Waals surface area (Å²) in [6, 6.07) is 6.41. The molecule has 2 amide bonds. The van der Waals surface area contributed by atoms with Crippen molar-refractivity contribution in [3.8, 4) is 0 Å². The van der Waals surface area contributed by atoms with E-state index in [9.17, 15) is 24.3 Å². The molecule has 3 rings (SSSR count). The van der Waals surface area contributed by atoms with E-state index < -0.39 is 41.6 Å². The SMILES string of the molecule is N[C@H](C(=O)N[C@H]1CON(C2(C(=O)O)CCC(=O)O2)C1=O)c1ccccc1. The molecule has 4 N–H and O–H groups in total. The molecular weight excluding hydrogens is 346 g/mol. The van der Waals surface area contributed by atoms with Gasteiger partial charge in [0, 0.05) is 6.42 Å². The van der Waals surface area contributed by atoms with Crippen LogP contribution in [0.15, 0.2) is 30.3 Å². The van der Waals surface area contributed by atoms with Crippen molar-refractivity contribution in [3.63, 3.8) is 0 Å². The molecule has 0 saturated carbocycles. The van der Waals surface area contributed by atoms with Crippen LogP contribution in [0.25, 0.3) is 0 Å². The molecular formula is C16H17N3O7. The first-order chi connectivity index (χ1) is 12.3. The molecule has 1 unspecified atom stereocenters. The molecule has 0 spiro atoms. The number of cyclic esters (lactones) is 1. The highest BCUT2D eigenvalue weighted by molar-refractivity contribution is 5.95. The molecule has 10 nitrogen and oxygen atoms in total. The number of carbonyl (C=O) groups is 4. The van der Waals surface area contributed by atoms with E-state index in [1.807, 2.05) is 0 Å². The van der Waals surface area contributed by atoms with Crippen molar-refractivity contribution < 1.29 is 33.9 Å². The molecule has 2 aliphatic heterocycles. The molecule has 0 bridgehead atoms. The van der Waals surface area contributed by atoms with Crippen molar-refractivity contribution in [1.29, 1.82) is 0 Å². The number of nitrogens with two attached hydrogens (primary N) is 1. The van der Waals surface area contributed by atoms with Gasteiger partial charge in [-0.15, -0.1) is 0 Å². The second kappa shape index (κ2) is 6.73. The normalized spacial score (nSPS) is 26.5. The van der Waals surface area contributed by atoms with E-state index in [1.165, 1.54) is 0 Å². The molecule has 3 atom stereocenters. The lowest BCUT2D eigenvalue weighted by atomic mass is 10.1. The predicted octanol–water partition coefficient (Wildman–Crippen LogP) is -0.937. The fourth-order valence-corrected chi connectivity index (χ4v) is 2.83. The number of hydrogen-bond acceptors (Lipinski definition) is 7. The Kier molecular flexibility index (Phi) is 4.62. The van der Waals surface area contributed by atoms with Gasteiger partial charge in [0.05, 0.1) is 6.42 Å². The number of amides is 2. The van der Waals surface area contributed by atoms with Crippen LogP contribution in [-0.4, -0.2) is 52.3 Å². The number of carbonyl (C=O) groups excluding carboxylic acids is 3. The van der Waals surface area contributed by atoms with Gasteiger partial charge in [-0.2, -0.15) is 5.06 Å². The number of ether oxygens (including phenoxy) is 1. The van der Waals surface area contributed by atoms with Crippen molar-refractivity contribution in [2.75, 3.05) is 6.61 Å². The number of nitrogens with zero attached hydrogens (tertiary/aromatic N) is 1. The third-order valence-corrected chi connectivity index (χ3v) is 4.24. The van der Waals surface area contributed by atoms with Crippen LogP contribution >= 0.6 is 0 Å². The molecule has 10 heteroatoms. The number of aliphatic carboxylic acids is 1. The Balaban J connectivity index is 1.70. The average molecular weight is 363 g/mol. The lowest BCUT2D eigenvalue weighted by molar-refractivity contribution is -0.256. The summed E-state index contributed by atoms with van der Waals surface area (Å²) >= 11 is 0.